The van der Waals surface area contributed by atoms with Crippen molar-refractivity contribution < 1.29 is 9.47 Å². The van der Waals surface area contributed by atoms with Crippen LogP contribution in [-0.2, 0) is 0 Å². The first-order valence-corrected chi connectivity index (χ1v) is 7.71. The number of nitrogen functional groups attached to an aromatic ring is 1. The van der Waals surface area contributed by atoms with E-state index in [1.54, 1.807) is 12.3 Å². The maximum Gasteiger partial charge on any atom is 0.146 e. The number of ether oxygens (including phenoxy) is 2. The number of nitrogens with two attached hydrogens (primary N) is 1. The standard InChI is InChI=1S/C17H13IN2O2/c18-16-15(10-11-20-17(16)19)22-14-8-6-13(7-9-14)21-12-4-2-1-3-5-12/h1-11H,(H2,19,20). The van der Waals surface area contributed by atoms with Crippen molar-refractivity contribution in [2.75, 3.05) is 5.73 Å². The third kappa shape index (κ3) is 3.48. The molecule has 0 bridgehead atoms. The molecule has 5 heteroatoms. The summed E-state index contributed by atoms with van der Waals surface area (Å²) in [5.41, 5.74) is 5.77. The van der Waals surface area contributed by atoms with Crippen molar-refractivity contribution in [3.63, 3.8) is 0 Å². The minimum absolute atomic E-state index is 0.460. The molecular weight excluding hydrogens is 391 g/mol. The Morgan fingerprint density at radius 3 is 2.05 bits per heavy atom. The van der Waals surface area contributed by atoms with E-state index < -0.39 is 0 Å². The summed E-state index contributed by atoms with van der Waals surface area (Å²) in [5, 5.41) is 0. The molecule has 0 spiro atoms. The minimum atomic E-state index is 0.460. The third-order valence-electron chi connectivity index (χ3n) is 2.91. The zero-order valence-corrected chi connectivity index (χ0v) is 13.7. The van der Waals surface area contributed by atoms with Crippen molar-refractivity contribution in [3.8, 4) is 23.0 Å². The summed E-state index contributed by atoms with van der Waals surface area (Å²) < 4.78 is 12.3. The van der Waals surface area contributed by atoms with Crippen molar-refractivity contribution in [2.24, 2.45) is 0 Å². The lowest BCUT2D eigenvalue weighted by atomic mass is 10.3. The summed E-state index contributed by atoms with van der Waals surface area (Å²) in [7, 11) is 0. The Kier molecular flexibility index (Phi) is 4.43. The first-order valence-electron chi connectivity index (χ1n) is 6.63. The van der Waals surface area contributed by atoms with Crippen LogP contribution in [0.1, 0.15) is 0 Å². The van der Waals surface area contributed by atoms with Crippen LogP contribution in [0.25, 0.3) is 0 Å². The molecule has 1 aromatic heterocycles. The van der Waals surface area contributed by atoms with Crippen LogP contribution in [0.5, 0.6) is 23.0 Å². The molecule has 3 rings (SSSR count). The number of anilines is 1. The Labute approximate surface area is 142 Å². The number of para-hydroxylation sites is 1. The highest BCUT2D eigenvalue weighted by Crippen LogP contribution is 2.30. The van der Waals surface area contributed by atoms with Crippen LogP contribution in [-0.4, -0.2) is 4.98 Å². The molecule has 0 radical (unpaired) electrons. The molecule has 2 N–H and O–H groups in total. The number of rotatable bonds is 4. The zero-order valence-electron chi connectivity index (χ0n) is 11.6. The van der Waals surface area contributed by atoms with Crippen LogP contribution in [0.2, 0.25) is 0 Å². The monoisotopic (exact) mass is 404 g/mol. The number of pyridine rings is 1. The van der Waals surface area contributed by atoms with Gasteiger partial charge in [-0.15, -0.1) is 0 Å². The van der Waals surface area contributed by atoms with Gasteiger partial charge in [0.1, 0.15) is 28.8 Å². The van der Waals surface area contributed by atoms with Gasteiger partial charge in [0.25, 0.3) is 0 Å². The van der Waals surface area contributed by atoms with E-state index in [1.807, 2.05) is 54.6 Å². The Balaban J connectivity index is 1.73. The predicted octanol–water partition coefficient (Wildman–Crippen LogP) is 4.85. The van der Waals surface area contributed by atoms with Gasteiger partial charge in [-0.1, -0.05) is 18.2 Å². The molecule has 0 aliphatic rings. The van der Waals surface area contributed by atoms with Gasteiger partial charge >= 0.3 is 0 Å². The zero-order chi connectivity index (χ0) is 15.4. The first kappa shape index (κ1) is 14.6. The van der Waals surface area contributed by atoms with Gasteiger partial charge in [0.05, 0.1) is 3.57 Å². The van der Waals surface area contributed by atoms with E-state index in [0.717, 1.165) is 15.1 Å². The summed E-state index contributed by atoms with van der Waals surface area (Å²) in [6, 6.07) is 18.8. The van der Waals surface area contributed by atoms with Crippen LogP contribution >= 0.6 is 22.6 Å². The molecule has 1 heterocycles. The largest absolute Gasteiger partial charge is 0.457 e. The normalized spacial score (nSPS) is 10.2. The van der Waals surface area contributed by atoms with E-state index >= 15 is 0 Å². The van der Waals surface area contributed by atoms with Crippen molar-refractivity contribution >= 4 is 28.4 Å². The average Bonchev–Trinajstić information content (AvgIpc) is 2.55. The molecule has 0 amide bonds. The van der Waals surface area contributed by atoms with Gasteiger partial charge in [-0.2, -0.15) is 0 Å². The van der Waals surface area contributed by atoms with Gasteiger partial charge in [-0.3, -0.25) is 0 Å². The smallest absolute Gasteiger partial charge is 0.146 e. The lowest BCUT2D eigenvalue weighted by Crippen LogP contribution is -1.96. The molecule has 0 aliphatic carbocycles. The van der Waals surface area contributed by atoms with Crippen LogP contribution in [0.3, 0.4) is 0 Å². The molecule has 0 atom stereocenters. The van der Waals surface area contributed by atoms with Gasteiger partial charge in [0.2, 0.25) is 0 Å². The lowest BCUT2D eigenvalue weighted by molar-refractivity contribution is 0.467. The predicted molar refractivity (Wildman–Crippen MR) is 94.4 cm³/mol. The fourth-order valence-electron chi connectivity index (χ4n) is 1.85. The number of aromatic nitrogens is 1. The Bertz CT molecular complexity index is 761. The van der Waals surface area contributed by atoms with Gasteiger partial charge < -0.3 is 15.2 Å². The minimum Gasteiger partial charge on any atom is -0.457 e. The summed E-state index contributed by atoms with van der Waals surface area (Å²) in [6.45, 7) is 0. The molecular formula is C17H13IN2O2. The quantitative estimate of drug-likeness (QED) is 0.632. The van der Waals surface area contributed by atoms with Crippen LogP contribution in [0.4, 0.5) is 5.82 Å². The van der Waals surface area contributed by atoms with E-state index in [1.165, 1.54) is 0 Å². The van der Waals surface area contributed by atoms with E-state index in [9.17, 15) is 0 Å². The molecule has 3 aromatic rings. The topological polar surface area (TPSA) is 57.4 Å². The maximum atomic E-state index is 5.81. The molecule has 0 aliphatic heterocycles. The summed E-state index contributed by atoms with van der Waals surface area (Å²) in [6.07, 6.45) is 1.62. The van der Waals surface area contributed by atoms with E-state index in [0.29, 0.717) is 17.3 Å². The number of hydrogen-bond donors (Lipinski definition) is 1. The molecule has 0 saturated carbocycles. The number of nitrogens with zero attached hydrogens (tertiary/aromatic N) is 1. The molecule has 22 heavy (non-hydrogen) atoms. The summed E-state index contributed by atoms with van der Waals surface area (Å²) in [4.78, 5) is 4.01. The highest BCUT2D eigenvalue weighted by atomic mass is 127. The second-order valence-electron chi connectivity index (χ2n) is 4.50. The summed E-state index contributed by atoms with van der Waals surface area (Å²) >= 11 is 2.12. The fraction of sp³-hybridized carbons (Fsp3) is 0. The second-order valence-corrected chi connectivity index (χ2v) is 5.58. The van der Waals surface area contributed by atoms with Crippen LogP contribution in [0.15, 0.2) is 66.9 Å². The fourth-order valence-corrected chi connectivity index (χ4v) is 2.28. The lowest BCUT2D eigenvalue weighted by Gasteiger charge is -2.10. The van der Waals surface area contributed by atoms with Gasteiger partial charge in [-0.25, -0.2) is 4.98 Å². The SMILES string of the molecule is Nc1nccc(Oc2ccc(Oc3ccccc3)cc2)c1I. The molecule has 4 nitrogen and oxygen atoms in total. The van der Waals surface area contributed by atoms with Gasteiger partial charge in [0, 0.05) is 12.3 Å². The molecule has 0 unspecified atom stereocenters. The Hall–Kier alpha value is -2.28. The van der Waals surface area contributed by atoms with Crippen molar-refractivity contribution in [1.29, 1.82) is 0 Å². The van der Waals surface area contributed by atoms with Gasteiger partial charge in [0.15, 0.2) is 0 Å². The Morgan fingerprint density at radius 2 is 1.36 bits per heavy atom. The number of halogens is 1. The first-order chi connectivity index (χ1) is 10.7. The molecule has 0 saturated heterocycles. The van der Waals surface area contributed by atoms with E-state index in [-0.39, 0.29) is 0 Å². The second kappa shape index (κ2) is 6.65. The summed E-state index contributed by atoms with van der Waals surface area (Å²) in [5.74, 6) is 3.41. The Morgan fingerprint density at radius 1 is 0.773 bits per heavy atom. The van der Waals surface area contributed by atoms with E-state index in [2.05, 4.69) is 27.6 Å². The number of hydrogen-bond acceptors (Lipinski definition) is 4. The van der Waals surface area contributed by atoms with Gasteiger partial charge in [-0.05, 0) is 59.0 Å². The van der Waals surface area contributed by atoms with Crippen LogP contribution < -0.4 is 15.2 Å². The third-order valence-corrected chi connectivity index (χ3v) is 4.00. The highest BCUT2D eigenvalue weighted by molar-refractivity contribution is 14.1. The highest BCUT2D eigenvalue weighted by Gasteiger charge is 2.06. The average molecular weight is 404 g/mol. The molecule has 2 aromatic carbocycles. The van der Waals surface area contributed by atoms with Crippen molar-refractivity contribution in [3.05, 3.63) is 70.4 Å². The van der Waals surface area contributed by atoms with Crippen molar-refractivity contribution in [2.45, 2.75) is 0 Å². The van der Waals surface area contributed by atoms with Crippen LogP contribution in [0, 0.1) is 3.57 Å². The number of benzene rings is 2. The molecule has 0 fully saturated rings. The van der Waals surface area contributed by atoms with E-state index in [4.69, 9.17) is 15.2 Å². The molecule has 110 valence electrons. The van der Waals surface area contributed by atoms with Crippen molar-refractivity contribution in [1.82, 2.24) is 4.98 Å². The maximum absolute atomic E-state index is 5.81.